The smallest absolute Gasteiger partial charge is 0.406 e. The molecule has 11 heteroatoms. The molecule has 2 amide bonds. The SMILES string of the molecule is O=C(Nc1ccncn1)N1c2nc(-c3cccc(OC(F)(F)F)c3)ccc2N2CC[C@H]1C2. The molecule has 0 spiro atoms. The number of ether oxygens (including phenoxy) is 1. The van der Waals surface area contributed by atoms with Crippen LogP contribution >= 0.6 is 0 Å². The molecular formula is C21H17F3N6O2. The van der Waals surface area contributed by atoms with E-state index < -0.39 is 6.36 Å². The monoisotopic (exact) mass is 442 g/mol. The third kappa shape index (κ3) is 3.88. The van der Waals surface area contributed by atoms with Crippen molar-refractivity contribution in [3.8, 4) is 17.0 Å². The zero-order valence-corrected chi connectivity index (χ0v) is 16.6. The molecule has 8 nitrogen and oxygen atoms in total. The van der Waals surface area contributed by atoms with Gasteiger partial charge in [0.25, 0.3) is 0 Å². The summed E-state index contributed by atoms with van der Waals surface area (Å²) in [5.41, 5.74) is 1.67. The highest BCUT2D eigenvalue weighted by Gasteiger charge is 2.40. The van der Waals surface area contributed by atoms with Gasteiger partial charge in [-0.1, -0.05) is 12.1 Å². The fourth-order valence-electron chi connectivity index (χ4n) is 4.02. The van der Waals surface area contributed by atoms with E-state index in [0.717, 1.165) is 18.7 Å². The normalized spacial score (nSPS) is 17.2. The fourth-order valence-corrected chi connectivity index (χ4v) is 4.02. The van der Waals surface area contributed by atoms with Crippen LogP contribution in [0.2, 0.25) is 0 Å². The summed E-state index contributed by atoms with van der Waals surface area (Å²) in [5.74, 6) is 0.474. The number of nitrogens with zero attached hydrogens (tertiary/aromatic N) is 5. The number of nitrogens with one attached hydrogen (secondary N) is 1. The molecule has 3 aromatic rings. The van der Waals surface area contributed by atoms with Gasteiger partial charge in [-0.05, 0) is 36.8 Å². The molecule has 0 saturated carbocycles. The van der Waals surface area contributed by atoms with E-state index in [1.165, 1.54) is 30.7 Å². The highest BCUT2D eigenvalue weighted by Crippen LogP contribution is 2.40. The topological polar surface area (TPSA) is 83.5 Å². The maximum Gasteiger partial charge on any atom is 0.573 e. The Bertz CT molecular complexity index is 1160. The summed E-state index contributed by atoms with van der Waals surface area (Å²) in [7, 11) is 0. The highest BCUT2D eigenvalue weighted by atomic mass is 19.4. The third-order valence-corrected chi connectivity index (χ3v) is 5.35. The number of hydrogen-bond donors (Lipinski definition) is 1. The van der Waals surface area contributed by atoms with Crippen molar-refractivity contribution in [1.82, 2.24) is 15.0 Å². The fraction of sp³-hybridized carbons (Fsp3) is 0.238. The second-order valence-electron chi connectivity index (χ2n) is 7.40. The first-order chi connectivity index (χ1) is 15.4. The molecule has 0 unspecified atom stereocenters. The molecule has 2 aromatic heterocycles. The third-order valence-electron chi connectivity index (χ3n) is 5.35. The molecule has 1 N–H and O–H groups in total. The van der Waals surface area contributed by atoms with Crippen molar-refractivity contribution in [2.45, 2.75) is 18.8 Å². The minimum atomic E-state index is -4.79. The van der Waals surface area contributed by atoms with Crippen molar-refractivity contribution < 1.29 is 22.7 Å². The number of aromatic nitrogens is 3. The Morgan fingerprint density at radius 1 is 1.19 bits per heavy atom. The first-order valence-electron chi connectivity index (χ1n) is 9.86. The summed E-state index contributed by atoms with van der Waals surface area (Å²) in [4.78, 5) is 29.4. The minimum Gasteiger partial charge on any atom is -0.406 e. The molecule has 5 rings (SSSR count). The molecule has 2 bridgehead atoms. The molecule has 32 heavy (non-hydrogen) atoms. The Morgan fingerprint density at radius 3 is 2.84 bits per heavy atom. The Kier molecular flexibility index (Phi) is 4.80. The van der Waals surface area contributed by atoms with Gasteiger partial charge in [-0.25, -0.2) is 19.7 Å². The molecule has 1 aromatic carbocycles. The number of fused-ring (bicyclic) bond motifs is 4. The average Bonchev–Trinajstić information content (AvgIpc) is 3.17. The van der Waals surface area contributed by atoms with Crippen molar-refractivity contribution >= 4 is 23.4 Å². The number of carbonyl (C=O) groups excluding carboxylic acids is 1. The van der Waals surface area contributed by atoms with Crippen LogP contribution in [0.15, 0.2) is 55.0 Å². The van der Waals surface area contributed by atoms with E-state index in [9.17, 15) is 18.0 Å². The molecule has 0 radical (unpaired) electrons. The Labute approximate surface area is 180 Å². The summed E-state index contributed by atoms with van der Waals surface area (Å²) in [6.45, 7) is 1.46. The lowest BCUT2D eigenvalue weighted by Crippen LogP contribution is -2.48. The molecule has 0 aliphatic carbocycles. The number of benzene rings is 1. The average molecular weight is 442 g/mol. The summed E-state index contributed by atoms with van der Waals surface area (Å²) in [6, 6.07) is 10.3. The van der Waals surface area contributed by atoms with Crippen LogP contribution in [-0.4, -0.2) is 46.5 Å². The van der Waals surface area contributed by atoms with Crippen molar-refractivity contribution in [1.29, 1.82) is 0 Å². The summed E-state index contributed by atoms with van der Waals surface area (Å²) in [5, 5.41) is 2.76. The highest BCUT2D eigenvalue weighted by molar-refractivity contribution is 6.04. The minimum absolute atomic E-state index is 0.0769. The summed E-state index contributed by atoms with van der Waals surface area (Å²) in [6.07, 6.45) is -1.15. The summed E-state index contributed by atoms with van der Waals surface area (Å²) >= 11 is 0. The van der Waals surface area contributed by atoms with Crippen LogP contribution < -0.4 is 19.9 Å². The number of amides is 2. The number of anilines is 3. The Balaban J connectivity index is 1.50. The van der Waals surface area contributed by atoms with Crippen LogP contribution in [0, 0.1) is 0 Å². The number of pyridine rings is 1. The number of halogens is 3. The maximum absolute atomic E-state index is 13.1. The van der Waals surface area contributed by atoms with E-state index >= 15 is 0 Å². The van der Waals surface area contributed by atoms with Gasteiger partial charge in [-0.15, -0.1) is 13.2 Å². The number of urea groups is 1. The van der Waals surface area contributed by atoms with Crippen molar-refractivity contribution in [3.05, 3.63) is 55.0 Å². The predicted molar refractivity (Wildman–Crippen MR) is 111 cm³/mol. The second-order valence-corrected chi connectivity index (χ2v) is 7.40. The van der Waals surface area contributed by atoms with Gasteiger partial charge in [-0.2, -0.15) is 0 Å². The molecule has 164 valence electrons. The lowest BCUT2D eigenvalue weighted by atomic mass is 10.1. The lowest BCUT2D eigenvalue weighted by Gasteiger charge is -2.35. The first kappa shape index (κ1) is 20.0. The number of rotatable bonds is 3. The van der Waals surface area contributed by atoms with Gasteiger partial charge in [0.05, 0.1) is 17.4 Å². The maximum atomic E-state index is 13.1. The van der Waals surface area contributed by atoms with Crippen LogP contribution in [0.3, 0.4) is 0 Å². The van der Waals surface area contributed by atoms with Gasteiger partial charge in [0.2, 0.25) is 0 Å². The Hall–Kier alpha value is -3.89. The van der Waals surface area contributed by atoms with Crippen molar-refractivity contribution in [2.75, 3.05) is 28.2 Å². The van der Waals surface area contributed by atoms with Crippen LogP contribution in [0.1, 0.15) is 6.42 Å². The molecule has 4 heterocycles. The second kappa shape index (κ2) is 7.66. The van der Waals surface area contributed by atoms with Crippen molar-refractivity contribution in [2.24, 2.45) is 0 Å². The number of carbonyl (C=O) groups is 1. The lowest BCUT2D eigenvalue weighted by molar-refractivity contribution is -0.274. The zero-order chi connectivity index (χ0) is 22.3. The molecule has 2 aliphatic heterocycles. The molecule has 1 fully saturated rings. The van der Waals surface area contributed by atoms with E-state index in [4.69, 9.17) is 0 Å². The van der Waals surface area contributed by atoms with E-state index in [1.807, 2.05) is 6.07 Å². The van der Waals surface area contributed by atoms with Gasteiger partial charge < -0.3 is 9.64 Å². The standard InChI is InChI=1S/C21H17F3N6O2/c22-21(23,24)32-15-3-1-2-13(10-15)16-4-5-17-19(27-16)30(14-7-9-29(17)11-14)20(31)28-18-6-8-25-12-26-18/h1-6,8,10,12,14H,7,9,11H2,(H,25,26,28,31)/t14-/m0/s1. The first-order valence-corrected chi connectivity index (χ1v) is 9.86. The van der Waals surface area contributed by atoms with Gasteiger partial charge in [-0.3, -0.25) is 10.2 Å². The quantitative estimate of drug-likeness (QED) is 0.659. The number of alkyl halides is 3. The van der Waals surface area contributed by atoms with Crippen LogP contribution in [0.5, 0.6) is 5.75 Å². The largest absolute Gasteiger partial charge is 0.573 e. The molecule has 1 atom stereocenters. The van der Waals surface area contributed by atoms with E-state index in [2.05, 4.69) is 29.9 Å². The van der Waals surface area contributed by atoms with Crippen molar-refractivity contribution in [3.63, 3.8) is 0 Å². The van der Waals surface area contributed by atoms with Crippen LogP contribution in [-0.2, 0) is 0 Å². The molecule has 2 aliphatic rings. The van der Waals surface area contributed by atoms with E-state index in [0.29, 0.717) is 29.4 Å². The van der Waals surface area contributed by atoms with Gasteiger partial charge in [0.15, 0.2) is 5.82 Å². The van der Waals surface area contributed by atoms with E-state index in [-0.39, 0.29) is 17.8 Å². The van der Waals surface area contributed by atoms with Gasteiger partial charge >= 0.3 is 12.4 Å². The number of hydrogen-bond acceptors (Lipinski definition) is 6. The zero-order valence-electron chi connectivity index (χ0n) is 16.6. The molecular weight excluding hydrogens is 425 g/mol. The summed E-state index contributed by atoms with van der Waals surface area (Å²) < 4.78 is 41.9. The van der Waals surface area contributed by atoms with Crippen LogP contribution in [0.25, 0.3) is 11.3 Å². The van der Waals surface area contributed by atoms with Crippen LogP contribution in [0.4, 0.5) is 35.3 Å². The van der Waals surface area contributed by atoms with E-state index in [1.54, 1.807) is 23.1 Å². The van der Waals surface area contributed by atoms with Gasteiger partial charge in [0.1, 0.15) is 17.9 Å². The predicted octanol–water partition coefficient (Wildman–Crippen LogP) is 4.07. The molecule has 1 saturated heterocycles. The Morgan fingerprint density at radius 2 is 2.06 bits per heavy atom. The van der Waals surface area contributed by atoms with Gasteiger partial charge in [0, 0.05) is 24.8 Å².